The van der Waals surface area contributed by atoms with Gasteiger partial charge in [-0.1, -0.05) is 25.7 Å². The molecule has 1 atom stereocenters. The van der Waals surface area contributed by atoms with E-state index in [1.165, 1.54) is 0 Å². The number of aliphatic hydroxyl groups excluding tert-OH is 1. The number of carbonyl (C=O) groups excluding carboxylic acids is 1. The van der Waals surface area contributed by atoms with Gasteiger partial charge in [-0.15, -0.1) is 0 Å². The predicted molar refractivity (Wildman–Crippen MR) is 76.3 cm³/mol. The molecule has 0 heterocycles. The number of rotatable bonds is 5. The van der Waals surface area contributed by atoms with Crippen LogP contribution in [0.5, 0.6) is 0 Å². The van der Waals surface area contributed by atoms with E-state index >= 15 is 0 Å². The average Bonchev–Trinajstić information content (AvgIpc) is 2.54. The Balaban J connectivity index is 2.75. The first-order valence-electron chi connectivity index (χ1n) is 7.42. The molecule has 0 aromatic carbocycles. The van der Waals surface area contributed by atoms with Gasteiger partial charge in [0, 0.05) is 6.42 Å². The Kier molecular flexibility index (Phi) is 5.57. The van der Waals surface area contributed by atoms with Gasteiger partial charge in [-0.3, -0.25) is 9.59 Å². The van der Waals surface area contributed by atoms with E-state index in [1.54, 1.807) is 20.8 Å². The maximum absolute atomic E-state index is 12.2. The third kappa shape index (κ3) is 4.20. The predicted octanol–water partition coefficient (Wildman–Crippen LogP) is 2.08. The van der Waals surface area contributed by atoms with Crippen LogP contribution in [0.2, 0.25) is 0 Å². The van der Waals surface area contributed by atoms with E-state index in [2.05, 4.69) is 5.32 Å². The summed E-state index contributed by atoms with van der Waals surface area (Å²) in [6.45, 7) is 5.07. The van der Waals surface area contributed by atoms with Crippen LogP contribution in [0, 0.1) is 5.41 Å². The molecule has 0 radical (unpaired) electrons. The van der Waals surface area contributed by atoms with Crippen LogP contribution in [0.4, 0.5) is 0 Å². The van der Waals surface area contributed by atoms with E-state index in [9.17, 15) is 19.8 Å². The highest BCUT2D eigenvalue weighted by molar-refractivity contribution is 5.85. The molecular weight excluding hydrogens is 258 g/mol. The Morgan fingerprint density at radius 2 is 1.70 bits per heavy atom. The van der Waals surface area contributed by atoms with E-state index in [0.717, 1.165) is 25.7 Å². The normalized spacial score (nSPS) is 20.8. The lowest BCUT2D eigenvalue weighted by Crippen LogP contribution is -2.52. The highest BCUT2D eigenvalue weighted by Crippen LogP contribution is 2.38. The lowest BCUT2D eigenvalue weighted by atomic mass is 9.77. The summed E-state index contributed by atoms with van der Waals surface area (Å²) < 4.78 is 0. The highest BCUT2D eigenvalue weighted by Gasteiger charge is 2.41. The first kappa shape index (κ1) is 17.0. The largest absolute Gasteiger partial charge is 0.481 e. The van der Waals surface area contributed by atoms with Crippen molar-refractivity contribution in [2.45, 2.75) is 77.4 Å². The number of carboxylic acid groups (broad SMARTS) is 1. The van der Waals surface area contributed by atoms with Gasteiger partial charge < -0.3 is 15.5 Å². The molecule has 1 fully saturated rings. The van der Waals surface area contributed by atoms with Crippen LogP contribution in [-0.4, -0.2) is 33.7 Å². The molecule has 0 saturated heterocycles. The number of aliphatic carboxylic acids is 1. The third-order valence-electron chi connectivity index (χ3n) is 4.52. The maximum Gasteiger partial charge on any atom is 0.310 e. The van der Waals surface area contributed by atoms with Crippen LogP contribution in [-0.2, 0) is 9.59 Å². The first-order chi connectivity index (χ1) is 9.19. The van der Waals surface area contributed by atoms with Crippen molar-refractivity contribution in [3.63, 3.8) is 0 Å². The lowest BCUT2D eigenvalue weighted by molar-refractivity contribution is -0.153. The van der Waals surface area contributed by atoms with Crippen LogP contribution in [0.3, 0.4) is 0 Å². The smallest absolute Gasteiger partial charge is 0.310 e. The van der Waals surface area contributed by atoms with Crippen LogP contribution in [0.15, 0.2) is 0 Å². The summed E-state index contributed by atoms with van der Waals surface area (Å²) in [5.74, 6) is -1.16. The SMILES string of the molecule is CC(O)C(C)(C)NC(=O)CC1(C(=O)O)CCCCCC1. The van der Waals surface area contributed by atoms with Gasteiger partial charge in [0.1, 0.15) is 0 Å². The molecule has 0 aromatic rings. The molecule has 0 bridgehead atoms. The van der Waals surface area contributed by atoms with E-state index in [0.29, 0.717) is 12.8 Å². The summed E-state index contributed by atoms with van der Waals surface area (Å²) in [6, 6.07) is 0. The van der Waals surface area contributed by atoms with Gasteiger partial charge in [0.05, 0.1) is 17.1 Å². The molecule has 20 heavy (non-hydrogen) atoms. The van der Waals surface area contributed by atoms with Crippen molar-refractivity contribution in [3.8, 4) is 0 Å². The Morgan fingerprint density at radius 1 is 1.20 bits per heavy atom. The number of nitrogens with one attached hydrogen (secondary N) is 1. The fourth-order valence-electron chi connectivity index (χ4n) is 2.69. The van der Waals surface area contributed by atoms with Crippen molar-refractivity contribution in [2.24, 2.45) is 5.41 Å². The molecule has 1 aliphatic carbocycles. The van der Waals surface area contributed by atoms with Gasteiger partial charge in [-0.05, 0) is 33.6 Å². The fraction of sp³-hybridized carbons (Fsp3) is 0.867. The molecule has 0 aliphatic heterocycles. The van der Waals surface area contributed by atoms with Crippen LogP contribution >= 0.6 is 0 Å². The third-order valence-corrected chi connectivity index (χ3v) is 4.52. The Labute approximate surface area is 120 Å². The van der Waals surface area contributed by atoms with Crippen LogP contribution in [0.1, 0.15) is 65.7 Å². The molecule has 5 nitrogen and oxygen atoms in total. The minimum atomic E-state index is -0.935. The Hall–Kier alpha value is -1.10. The second-order valence-electron chi connectivity index (χ2n) is 6.62. The molecule has 1 unspecified atom stereocenters. The van der Waals surface area contributed by atoms with Crippen molar-refractivity contribution in [3.05, 3.63) is 0 Å². The zero-order chi connectivity index (χ0) is 15.4. The monoisotopic (exact) mass is 285 g/mol. The summed E-state index contributed by atoms with van der Waals surface area (Å²) >= 11 is 0. The second-order valence-corrected chi connectivity index (χ2v) is 6.62. The van der Waals surface area contributed by atoms with Gasteiger partial charge >= 0.3 is 5.97 Å². The molecule has 116 valence electrons. The second kappa shape index (κ2) is 6.57. The summed E-state index contributed by atoms with van der Waals surface area (Å²) in [4.78, 5) is 23.8. The van der Waals surface area contributed by atoms with Crippen molar-refractivity contribution in [1.82, 2.24) is 5.32 Å². The van der Waals surface area contributed by atoms with Gasteiger partial charge in [-0.25, -0.2) is 0 Å². The van der Waals surface area contributed by atoms with Gasteiger partial charge in [0.25, 0.3) is 0 Å². The maximum atomic E-state index is 12.2. The molecule has 0 spiro atoms. The molecule has 0 aromatic heterocycles. The zero-order valence-electron chi connectivity index (χ0n) is 12.7. The standard InChI is InChI=1S/C15H27NO4/c1-11(17)14(2,3)16-12(18)10-15(13(19)20)8-6-4-5-7-9-15/h11,17H,4-10H2,1-3H3,(H,16,18)(H,19,20). The molecule has 5 heteroatoms. The average molecular weight is 285 g/mol. The van der Waals surface area contributed by atoms with Gasteiger partial charge in [-0.2, -0.15) is 0 Å². The van der Waals surface area contributed by atoms with Crippen LogP contribution in [0.25, 0.3) is 0 Å². The van der Waals surface area contributed by atoms with Gasteiger partial charge in [0.2, 0.25) is 5.91 Å². The Morgan fingerprint density at radius 3 is 2.10 bits per heavy atom. The fourth-order valence-corrected chi connectivity index (χ4v) is 2.69. The molecule has 1 rings (SSSR count). The number of aliphatic hydroxyl groups is 1. The van der Waals surface area contributed by atoms with Crippen LogP contribution < -0.4 is 5.32 Å². The number of carboxylic acids is 1. The Bertz CT molecular complexity index is 355. The number of hydrogen-bond donors (Lipinski definition) is 3. The van der Waals surface area contributed by atoms with Crippen molar-refractivity contribution >= 4 is 11.9 Å². The molecule has 1 saturated carbocycles. The van der Waals surface area contributed by atoms with E-state index in [4.69, 9.17) is 0 Å². The summed E-state index contributed by atoms with van der Waals surface area (Å²) in [5, 5.41) is 21.9. The van der Waals surface area contributed by atoms with Crippen molar-refractivity contribution < 1.29 is 19.8 Å². The molecule has 1 aliphatic rings. The summed E-state index contributed by atoms with van der Waals surface area (Å²) in [5.41, 5.74) is -1.68. The van der Waals surface area contributed by atoms with E-state index in [1.807, 2.05) is 0 Å². The number of amides is 1. The van der Waals surface area contributed by atoms with Crippen molar-refractivity contribution in [2.75, 3.05) is 0 Å². The zero-order valence-corrected chi connectivity index (χ0v) is 12.7. The topological polar surface area (TPSA) is 86.6 Å². The summed E-state index contributed by atoms with van der Waals surface area (Å²) in [7, 11) is 0. The lowest BCUT2D eigenvalue weighted by Gasteiger charge is -2.32. The van der Waals surface area contributed by atoms with E-state index < -0.39 is 23.0 Å². The number of hydrogen-bond acceptors (Lipinski definition) is 3. The minimum Gasteiger partial charge on any atom is -0.481 e. The quantitative estimate of drug-likeness (QED) is 0.675. The molecular formula is C15H27NO4. The summed E-state index contributed by atoms with van der Waals surface area (Å²) in [6.07, 6.45) is 4.22. The highest BCUT2D eigenvalue weighted by atomic mass is 16.4. The minimum absolute atomic E-state index is 0.00150. The van der Waals surface area contributed by atoms with Crippen molar-refractivity contribution in [1.29, 1.82) is 0 Å². The molecule has 1 amide bonds. The molecule has 3 N–H and O–H groups in total. The number of carbonyl (C=O) groups is 2. The van der Waals surface area contributed by atoms with E-state index in [-0.39, 0.29) is 12.3 Å². The first-order valence-corrected chi connectivity index (χ1v) is 7.42. The van der Waals surface area contributed by atoms with Gasteiger partial charge in [0.15, 0.2) is 0 Å².